The lowest BCUT2D eigenvalue weighted by Crippen LogP contribution is -2.37. The molecule has 2 aromatic carbocycles. The van der Waals surface area contributed by atoms with E-state index < -0.39 is 0 Å². The maximum Gasteiger partial charge on any atom is 0.253 e. The first kappa shape index (κ1) is 20.4. The number of nitrogens with one attached hydrogen (secondary N) is 1. The molecule has 1 fully saturated rings. The van der Waals surface area contributed by atoms with Crippen LogP contribution < -0.4 is 5.32 Å². The van der Waals surface area contributed by atoms with E-state index in [1.165, 1.54) is 0 Å². The normalized spacial score (nSPS) is 19.1. The summed E-state index contributed by atoms with van der Waals surface area (Å²) < 4.78 is 0. The molecule has 1 saturated heterocycles. The maximum atomic E-state index is 13.0. The zero-order chi connectivity index (χ0) is 20.3. The lowest BCUT2D eigenvalue weighted by atomic mass is 9.86. The number of hydrogen-bond acceptors (Lipinski definition) is 2. The summed E-state index contributed by atoms with van der Waals surface area (Å²) in [6, 6.07) is 15.1. The van der Waals surface area contributed by atoms with Crippen LogP contribution in [0.2, 0.25) is 5.02 Å². The highest BCUT2D eigenvalue weighted by atomic mass is 35.5. The summed E-state index contributed by atoms with van der Waals surface area (Å²) in [6.07, 6.45) is 0. The molecule has 1 aliphatic rings. The van der Waals surface area contributed by atoms with Crippen molar-refractivity contribution in [3.05, 3.63) is 70.2 Å². The van der Waals surface area contributed by atoms with E-state index in [1.54, 1.807) is 29.2 Å². The van der Waals surface area contributed by atoms with Gasteiger partial charge in [-0.05, 0) is 42.2 Å². The fraction of sp³-hybridized carbons (Fsp3) is 0.391. The number of carbonyl (C=O) groups is 2. The van der Waals surface area contributed by atoms with Crippen LogP contribution in [0.1, 0.15) is 41.3 Å². The van der Waals surface area contributed by atoms with Crippen LogP contribution in [0.4, 0.5) is 0 Å². The van der Waals surface area contributed by atoms with E-state index in [-0.39, 0.29) is 23.7 Å². The van der Waals surface area contributed by atoms with Crippen LogP contribution in [0.5, 0.6) is 0 Å². The summed E-state index contributed by atoms with van der Waals surface area (Å²) in [5.74, 6) is 0.0366. The van der Waals surface area contributed by atoms with E-state index in [4.69, 9.17) is 11.6 Å². The van der Waals surface area contributed by atoms with E-state index in [0.717, 1.165) is 11.1 Å². The first-order valence-electron chi connectivity index (χ1n) is 9.75. The average molecular weight is 399 g/mol. The molecular weight excluding hydrogens is 372 g/mol. The summed E-state index contributed by atoms with van der Waals surface area (Å²) in [5, 5.41) is 3.59. The Balaban J connectivity index is 1.86. The smallest absolute Gasteiger partial charge is 0.253 e. The summed E-state index contributed by atoms with van der Waals surface area (Å²) in [5.41, 5.74) is 2.83. The van der Waals surface area contributed by atoms with E-state index in [2.05, 4.69) is 38.2 Å². The van der Waals surface area contributed by atoms with Crippen LogP contribution in [0.3, 0.4) is 0 Å². The molecule has 0 unspecified atom stereocenters. The highest BCUT2D eigenvalue weighted by molar-refractivity contribution is 6.30. The van der Waals surface area contributed by atoms with Gasteiger partial charge in [0.05, 0.1) is 5.92 Å². The van der Waals surface area contributed by atoms with Gasteiger partial charge in [-0.2, -0.15) is 0 Å². The number of nitrogens with zero attached hydrogens (tertiary/aromatic N) is 1. The number of aryl methyl sites for hydroxylation is 1. The van der Waals surface area contributed by atoms with Crippen molar-refractivity contribution in [2.24, 2.45) is 11.8 Å². The molecule has 5 heteroatoms. The lowest BCUT2D eigenvalue weighted by Gasteiger charge is -2.20. The number of likely N-dealkylation sites (tertiary alicyclic amines) is 1. The molecule has 3 rings (SSSR count). The molecule has 2 atom stereocenters. The maximum absolute atomic E-state index is 13.0. The second kappa shape index (κ2) is 8.78. The Morgan fingerprint density at radius 1 is 1.14 bits per heavy atom. The van der Waals surface area contributed by atoms with Gasteiger partial charge >= 0.3 is 0 Å². The standard InChI is InChI=1S/C23H27ClN2O2/c1-15(2)12-25-22(27)21-14-26(23(28)17-8-6-9-18(24)11-17)13-20(21)19-10-5-4-7-16(19)3/h4-11,15,20-21H,12-14H2,1-3H3,(H,25,27)/t20-,21-/m0/s1. The molecule has 0 bridgehead atoms. The Morgan fingerprint density at radius 2 is 1.89 bits per heavy atom. The van der Waals surface area contributed by atoms with Gasteiger partial charge in [0.15, 0.2) is 0 Å². The molecular formula is C23H27ClN2O2. The number of benzene rings is 2. The fourth-order valence-corrected chi connectivity index (χ4v) is 3.98. The number of halogens is 1. The van der Waals surface area contributed by atoms with Gasteiger partial charge in [-0.25, -0.2) is 0 Å². The van der Waals surface area contributed by atoms with Crippen molar-refractivity contribution >= 4 is 23.4 Å². The van der Waals surface area contributed by atoms with Gasteiger partial charge in [-0.3, -0.25) is 9.59 Å². The predicted octanol–water partition coefficient (Wildman–Crippen LogP) is 4.28. The second-order valence-corrected chi connectivity index (χ2v) is 8.37. The summed E-state index contributed by atoms with van der Waals surface area (Å²) in [4.78, 5) is 27.7. The summed E-state index contributed by atoms with van der Waals surface area (Å²) in [7, 11) is 0. The van der Waals surface area contributed by atoms with Crippen LogP contribution in [0, 0.1) is 18.8 Å². The summed E-state index contributed by atoms with van der Waals surface area (Å²) in [6.45, 7) is 7.77. The van der Waals surface area contributed by atoms with Gasteiger partial charge < -0.3 is 10.2 Å². The third-order valence-corrected chi connectivity index (χ3v) is 5.52. The molecule has 4 nitrogen and oxygen atoms in total. The van der Waals surface area contributed by atoms with Crippen molar-refractivity contribution in [1.82, 2.24) is 10.2 Å². The fourth-order valence-electron chi connectivity index (χ4n) is 3.79. The molecule has 2 amide bonds. The van der Waals surface area contributed by atoms with Crippen LogP contribution >= 0.6 is 11.6 Å². The van der Waals surface area contributed by atoms with Crippen LogP contribution in [0.15, 0.2) is 48.5 Å². The van der Waals surface area contributed by atoms with Gasteiger partial charge in [-0.1, -0.05) is 55.8 Å². The van der Waals surface area contributed by atoms with Crippen molar-refractivity contribution < 1.29 is 9.59 Å². The molecule has 28 heavy (non-hydrogen) atoms. The monoisotopic (exact) mass is 398 g/mol. The summed E-state index contributed by atoms with van der Waals surface area (Å²) >= 11 is 6.06. The van der Waals surface area contributed by atoms with Gasteiger partial charge in [0.25, 0.3) is 5.91 Å². The lowest BCUT2D eigenvalue weighted by molar-refractivity contribution is -0.125. The van der Waals surface area contributed by atoms with Gasteiger partial charge in [0.1, 0.15) is 0 Å². The minimum Gasteiger partial charge on any atom is -0.356 e. The van der Waals surface area contributed by atoms with E-state index >= 15 is 0 Å². The molecule has 0 radical (unpaired) electrons. The van der Waals surface area contributed by atoms with Gasteiger partial charge in [-0.15, -0.1) is 0 Å². The number of hydrogen-bond donors (Lipinski definition) is 1. The van der Waals surface area contributed by atoms with Crippen molar-refractivity contribution in [3.63, 3.8) is 0 Å². The van der Waals surface area contributed by atoms with Crippen molar-refractivity contribution in [2.75, 3.05) is 19.6 Å². The topological polar surface area (TPSA) is 49.4 Å². The third-order valence-electron chi connectivity index (χ3n) is 5.29. The molecule has 2 aromatic rings. The van der Waals surface area contributed by atoms with Gasteiger partial charge in [0, 0.05) is 36.1 Å². The van der Waals surface area contributed by atoms with Crippen molar-refractivity contribution in [2.45, 2.75) is 26.7 Å². The molecule has 0 aromatic heterocycles. The zero-order valence-corrected chi connectivity index (χ0v) is 17.4. The molecule has 0 saturated carbocycles. The average Bonchev–Trinajstić information content (AvgIpc) is 3.11. The zero-order valence-electron chi connectivity index (χ0n) is 16.6. The van der Waals surface area contributed by atoms with Crippen LogP contribution in [0.25, 0.3) is 0 Å². The highest BCUT2D eigenvalue weighted by Crippen LogP contribution is 2.35. The highest BCUT2D eigenvalue weighted by Gasteiger charge is 2.41. The van der Waals surface area contributed by atoms with E-state index in [0.29, 0.717) is 36.1 Å². The predicted molar refractivity (Wildman–Crippen MR) is 113 cm³/mol. The number of carbonyl (C=O) groups excluding carboxylic acids is 2. The second-order valence-electron chi connectivity index (χ2n) is 7.93. The molecule has 1 heterocycles. The minimum absolute atomic E-state index is 0.0170. The molecule has 1 N–H and O–H groups in total. The Morgan fingerprint density at radius 3 is 2.57 bits per heavy atom. The molecule has 0 spiro atoms. The first-order valence-corrected chi connectivity index (χ1v) is 10.1. The Hall–Kier alpha value is -2.33. The van der Waals surface area contributed by atoms with E-state index in [1.807, 2.05) is 12.1 Å². The Bertz CT molecular complexity index is 865. The van der Waals surface area contributed by atoms with Crippen molar-refractivity contribution in [3.8, 4) is 0 Å². The third kappa shape index (κ3) is 4.56. The van der Waals surface area contributed by atoms with Crippen LogP contribution in [-0.2, 0) is 4.79 Å². The largest absolute Gasteiger partial charge is 0.356 e. The van der Waals surface area contributed by atoms with E-state index in [9.17, 15) is 9.59 Å². The molecule has 1 aliphatic heterocycles. The molecule has 148 valence electrons. The number of rotatable bonds is 5. The molecule has 0 aliphatic carbocycles. The Kier molecular flexibility index (Phi) is 6.40. The first-order chi connectivity index (χ1) is 13.4. The Labute approximate surface area is 171 Å². The van der Waals surface area contributed by atoms with Crippen LogP contribution in [-0.4, -0.2) is 36.3 Å². The number of amides is 2. The van der Waals surface area contributed by atoms with Gasteiger partial charge in [0.2, 0.25) is 5.91 Å². The van der Waals surface area contributed by atoms with Crippen molar-refractivity contribution in [1.29, 1.82) is 0 Å². The minimum atomic E-state index is -0.261. The SMILES string of the molecule is Cc1ccccc1[C@@H]1CN(C(=O)c2cccc(Cl)c2)C[C@@H]1C(=O)NCC(C)C. The quantitative estimate of drug-likeness (QED) is 0.817.